The number of allylic oxidation sites excluding steroid dienone is 1. The van der Waals surface area contributed by atoms with Gasteiger partial charge in [0.1, 0.15) is 11.5 Å². The minimum absolute atomic E-state index is 0.000386. The van der Waals surface area contributed by atoms with Crippen LogP contribution in [0.4, 0.5) is 0 Å². The molecular formula is C11H10ClNO2. The van der Waals surface area contributed by atoms with Crippen molar-refractivity contribution in [2.75, 3.05) is 0 Å². The third-order valence-electron chi connectivity index (χ3n) is 2.37. The molecule has 0 saturated heterocycles. The molecule has 1 aliphatic rings. The number of ketones is 1. The summed E-state index contributed by atoms with van der Waals surface area (Å²) in [6.07, 6.45) is 0. The lowest BCUT2D eigenvalue weighted by molar-refractivity contribution is -0.114. The van der Waals surface area contributed by atoms with E-state index in [1.54, 1.807) is 18.2 Å². The lowest BCUT2D eigenvalue weighted by atomic mass is 10.00. The Morgan fingerprint density at radius 1 is 1.53 bits per heavy atom. The molecule has 2 N–H and O–H groups in total. The van der Waals surface area contributed by atoms with Crippen LogP contribution in [0.15, 0.2) is 23.9 Å². The summed E-state index contributed by atoms with van der Waals surface area (Å²) in [5.74, 6) is -0.173. The van der Waals surface area contributed by atoms with Gasteiger partial charge in [-0.1, -0.05) is 11.6 Å². The van der Waals surface area contributed by atoms with Crippen LogP contribution in [0.25, 0.3) is 5.76 Å². The summed E-state index contributed by atoms with van der Waals surface area (Å²) in [5.41, 5.74) is 1.83. The fourth-order valence-corrected chi connectivity index (χ4v) is 1.83. The predicted octanol–water partition coefficient (Wildman–Crippen LogP) is 2.26. The van der Waals surface area contributed by atoms with Gasteiger partial charge in [0.05, 0.1) is 0 Å². The van der Waals surface area contributed by atoms with Gasteiger partial charge in [-0.15, -0.1) is 0 Å². The van der Waals surface area contributed by atoms with Crippen molar-refractivity contribution in [1.29, 1.82) is 0 Å². The normalized spacial score (nSPS) is 14.5. The van der Waals surface area contributed by atoms with Gasteiger partial charge in [0.25, 0.3) is 0 Å². The molecule has 15 heavy (non-hydrogen) atoms. The fourth-order valence-electron chi connectivity index (χ4n) is 1.63. The molecule has 1 heterocycles. The summed E-state index contributed by atoms with van der Waals surface area (Å²) < 4.78 is 0. The zero-order valence-electron chi connectivity index (χ0n) is 8.17. The fraction of sp³-hybridized carbons (Fsp3) is 0.182. The molecule has 78 valence electrons. The quantitative estimate of drug-likeness (QED) is 0.768. The highest BCUT2D eigenvalue weighted by Crippen LogP contribution is 2.26. The van der Waals surface area contributed by atoms with Crippen LogP contribution in [0.3, 0.4) is 0 Å². The van der Waals surface area contributed by atoms with Gasteiger partial charge in [0.15, 0.2) is 5.78 Å². The van der Waals surface area contributed by atoms with Crippen molar-refractivity contribution in [1.82, 2.24) is 5.32 Å². The molecule has 0 aliphatic carbocycles. The van der Waals surface area contributed by atoms with Crippen LogP contribution in [-0.4, -0.2) is 10.9 Å². The summed E-state index contributed by atoms with van der Waals surface area (Å²) in [7, 11) is 0. The van der Waals surface area contributed by atoms with Gasteiger partial charge in [-0.3, -0.25) is 4.79 Å². The zero-order chi connectivity index (χ0) is 11.0. The maximum absolute atomic E-state index is 11.2. The van der Waals surface area contributed by atoms with Crippen molar-refractivity contribution in [2.24, 2.45) is 0 Å². The van der Waals surface area contributed by atoms with Gasteiger partial charge in [0.2, 0.25) is 0 Å². The lowest BCUT2D eigenvalue weighted by Gasteiger charge is -2.20. The summed E-state index contributed by atoms with van der Waals surface area (Å²) in [6, 6.07) is 5.19. The average Bonchev–Trinajstić information content (AvgIpc) is 2.17. The first kappa shape index (κ1) is 10.1. The number of carbonyl (C=O) groups excluding carboxylic acids is 1. The summed E-state index contributed by atoms with van der Waals surface area (Å²) in [4.78, 5) is 11.2. The molecule has 0 aromatic heterocycles. The van der Waals surface area contributed by atoms with Gasteiger partial charge < -0.3 is 10.4 Å². The highest BCUT2D eigenvalue weighted by Gasteiger charge is 2.20. The van der Waals surface area contributed by atoms with Gasteiger partial charge in [-0.05, 0) is 23.8 Å². The molecule has 1 aromatic rings. The number of rotatable bonds is 1. The number of nitrogens with one attached hydrogen (secondary N) is 1. The maximum atomic E-state index is 11.2. The molecule has 0 radical (unpaired) electrons. The van der Waals surface area contributed by atoms with Crippen LogP contribution >= 0.6 is 11.6 Å². The highest BCUT2D eigenvalue weighted by atomic mass is 35.5. The van der Waals surface area contributed by atoms with E-state index in [4.69, 9.17) is 11.6 Å². The first-order chi connectivity index (χ1) is 7.09. The smallest absolute Gasteiger partial charge is 0.179 e. The van der Waals surface area contributed by atoms with Crippen molar-refractivity contribution in [3.63, 3.8) is 0 Å². The minimum atomic E-state index is -0.173. The second kappa shape index (κ2) is 3.59. The van der Waals surface area contributed by atoms with Crippen LogP contribution in [0.5, 0.6) is 0 Å². The van der Waals surface area contributed by atoms with E-state index in [-0.39, 0.29) is 17.2 Å². The van der Waals surface area contributed by atoms with Crippen molar-refractivity contribution in [3.05, 3.63) is 40.0 Å². The zero-order valence-corrected chi connectivity index (χ0v) is 8.93. The molecule has 2 rings (SSSR count). The number of hydrogen-bond acceptors (Lipinski definition) is 3. The first-order valence-electron chi connectivity index (χ1n) is 4.56. The second-order valence-corrected chi connectivity index (χ2v) is 3.87. The Hall–Kier alpha value is -1.48. The van der Waals surface area contributed by atoms with E-state index >= 15 is 0 Å². The Kier molecular flexibility index (Phi) is 2.40. The average molecular weight is 224 g/mol. The number of hydrogen-bond donors (Lipinski definition) is 2. The minimum Gasteiger partial charge on any atom is -0.505 e. The van der Waals surface area contributed by atoms with Crippen LogP contribution in [0, 0.1) is 0 Å². The van der Waals surface area contributed by atoms with Crippen molar-refractivity contribution < 1.29 is 9.90 Å². The Morgan fingerprint density at radius 3 is 2.93 bits per heavy atom. The van der Waals surface area contributed by atoms with E-state index < -0.39 is 0 Å². The molecule has 0 unspecified atom stereocenters. The van der Waals surface area contributed by atoms with Crippen LogP contribution < -0.4 is 5.32 Å². The maximum Gasteiger partial charge on any atom is 0.179 e. The second-order valence-electron chi connectivity index (χ2n) is 3.43. The number of halogens is 1. The van der Waals surface area contributed by atoms with Gasteiger partial charge >= 0.3 is 0 Å². The molecule has 4 heteroatoms. The van der Waals surface area contributed by atoms with Crippen molar-refractivity contribution >= 4 is 23.1 Å². The van der Waals surface area contributed by atoms with E-state index in [1.165, 1.54) is 6.92 Å². The number of carbonyl (C=O) groups is 1. The Bertz CT molecular complexity index is 466. The van der Waals surface area contributed by atoms with E-state index in [9.17, 15) is 9.90 Å². The topological polar surface area (TPSA) is 49.3 Å². The van der Waals surface area contributed by atoms with E-state index in [1.807, 2.05) is 0 Å². The van der Waals surface area contributed by atoms with E-state index in [0.717, 1.165) is 5.56 Å². The molecule has 1 aliphatic heterocycles. The molecule has 0 fully saturated rings. The highest BCUT2D eigenvalue weighted by molar-refractivity contribution is 6.30. The standard InChI is InChI=1S/C11H10ClNO2/c1-6(14)10-11(15)9-3-2-8(12)4-7(9)5-13-10/h2-4,13,15H,5H2,1H3. The summed E-state index contributed by atoms with van der Waals surface area (Å²) >= 11 is 5.83. The van der Waals surface area contributed by atoms with Gasteiger partial charge in [-0.2, -0.15) is 0 Å². The lowest BCUT2D eigenvalue weighted by Crippen LogP contribution is -2.25. The van der Waals surface area contributed by atoms with Crippen molar-refractivity contribution in [3.8, 4) is 0 Å². The van der Waals surface area contributed by atoms with Gasteiger partial charge in [0, 0.05) is 24.1 Å². The number of aliphatic hydroxyl groups is 1. The molecule has 0 bridgehead atoms. The third kappa shape index (κ3) is 1.70. The van der Waals surface area contributed by atoms with Crippen LogP contribution in [0.2, 0.25) is 5.02 Å². The first-order valence-corrected chi connectivity index (χ1v) is 4.94. The Morgan fingerprint density at radius 2 is 2.27 bits per heavy atom. The molecule has 1 aromatic carbocycles. The SMILES string of the molecule is CC(=O)C1=C(O)c2ccc(Cl)cc2CN1. The number of benzene rings is 1. The Labute approximate surface area is 92.4 Å². The monoisotopic (exact) mass is 223 g/mol. The predicted molar refractivity (Wildman–Crippen MR) is 58.5 cm³/mol. The molecule has 0 saturated carbocycles. The molecular weight excluding hydrogens is 214 g/mol. The summed E-state index contributed by atoms with van der Waals surface area (Å²) in [6.45, 7) is 1.92. The number of aliphatic hydroxyl groups excluding tert-OH is 1. The molecule has 0 amide bonds. The van der Waals surface area contributed by atoms with Crippen molar-refractivity contribution in [2.45, 2.75) is 13.5 Å². The third-order valence-corrected chi connectivity index (χ3v) is 2.60. The van der Waals surface area contributed by atoms with E-state index in [2.05, 4.69) is 5.32 Å². The van der Waals surface area contributed by atoms with Gasteiger partial charge in [-0.25, -0.2) is 0 Å². The molecule has 0 spiro atoms. The summed E-state index contributed by atoms with van der Waals surface area (Å²) in [5, 5.41) is 13.3. The Balaban J connectivity index is 2.57. The van der Waals surface area contributed by atoms with E-state index in [0.29, 0.717) is 17.1 Å². The molecule has 0 atom stereocenters. The van der Waals surface area contributed by atoms with Crippen LogP contribution in [0.1, 0.15) is 18.1 Å². The van der Waals surface area contributed by atoms with Crippen LogP contribution in [-0.2, 0) is 11.3 Å². The largest absolute Gasteiger partial charge is 0.505 e. The number of fused-ring (bicyclic) bond motifs is 1. The number of Topliss-reactive ketones (excluding diaryl/α,β-unsaturated/α-hetero) is 1. The molecule has 3 nitrogen and oxygen atoms in total.